The molecule has 0 aliphatic carbocycles. The standard InChI is InChI=1S/C24H30F3N5O2/c25-24(26,27)20-9-7-19(8-10-20)22(33)28-12-13-30-23(34)29-11-4-14-31-15-17-32(18-16-31)21-5-2-1-3-6-21/h1-3,5-10H,4,11-18H2,(H,28,33)(H2,29,30,34). The Labute approximate surface area is 197 Å². The highest BCUT2D eigenvalue weighted by atomic mass is 19.4. The highest BCUT2D eigenvalue weighted by Gasteiger charge is 2.30. The van der Waals surface area contributed by atoms with Crippen LogP contribution in [-0.4, -0.2) is 69.2 Å². The van der Waals surface area contributed by atoms with E-state index in [1.165, 1.54) is 5.69 Å². The summed E-state index contributed by atoms with van der Waals surface area (Å²) in [6.07, 6.45) is -3.60. The number of halogens is 3. The van der Waals surface area contributed by atoms with Gasteiger partial charge in [0.2, 0.25) is 0 Å². The van der Waals surface area contributed by atoms with Gasteiger partial charge in [0.15, 0.2) is 0 Å². The molecule has 1 fully saturated rings. The third-order valence-corrected chi connectivity index (χ3v) is 5.60. The Kier molecular flexibility index (Phi) is 9.15. The van der Waals surface area contributed by atoms with E-state index in [4.69, 9.17) is 0 Å². The molecule has 10 heteroatoms. The summed E-state index contributed by atoms with van der Waals surface area (Å²) < 4.78 is 37.7. The summed E-state index contributed by atoms with van der Waals surface area (Å²) in [5, 5.41) is 8.00. The SMILES string of the molecule is O=C(NCCCN1CCN(c2ccccc2)CC1)NCCNC(=O)c1ccc(C(F)(F)F)cc1. The lowest BCUT2D eigenvalue weighted by Crippen LogP contribution is -2.47. The molecule has 3 N–H and O–H groups in total. The fraction of sp³-hybridized carbons (Fsp3) is 0.417. The Bertz CT molecular complexity index is 914. The molecule has 7 nitrogen and oxygen atoms in total. The van der Waals surface area contributed by atoms with Gasteiger partial charge in [0.25, 0.3) is 5.91 Å². The van der Waals surface area contributed by atoms with Crippen molar-refractivity contribution in [3.63, 3.8) is 0 Å². The van der Waals surface area contributed by atoms with Crippen LogP contribution in [0.5, 0.6) is 0 Å². The molecule has 1 saturated heterocycles. The average molecular weight is 478 g/mol. The van der Waals surface area contributed by atoms with Crippen LogP contribution in [0.3, 0.4) is 0 Å². The van der Waals surface area contributed by atoms with Crippen molar-refractivity contribution in [3.05, 3.63) is 65.7 Å². The van der Waals surface area contributed by atoms with Gasteiger partial charge in [-0.3, -0.25) is 9.69 Å². The molecule has 3 amide bonds. The number of hydrogen-bond donors (Lipinski definition) is 3. The molecule has 0 radical (unpaired) electrons. The molecule has 184 valence electrons. The van der Waals surface area contributed by atoms with E-state index in [2.05, 4.69) is 37.9 Å². The Morgan fingerprint density at radius 1 is 0.794 bits per heavy atom. The number of anilines is 1. The Morgan fingerprint density at radius 2 is 1.41 bits per heavy atom. The Morgan fingerprint density at radius 3 is 2.06 bits per heavy atom. The number of urea groups is 1. The molecule has 0 saturated carbocycles. The summed E-state index contributed by atoms with van der Waals surface area (Å²) in [6.45, 7) is 5.76. The number of rotatable bonds is 9. The van der Waals surface area contributed by atoms with E-state index in [0.717, 1.165) is 63.4 Å². The minimum atomic E-state index is -4.44. The van der Waals surface area contributed by atoms with Crippen LogP contribution in [0.2, 0.25) is 0 Å². The van der Waals surface area contributed by atoms with Gasteiger partial charge >= 0.3 is 12.2 Å². The first-order valence-corrected chi connectivity index (χ1v) is 11.3. The maximum Gasteiger partial charge on any atom is 0.416 e. The van der Waals surface area contributed by atoms with E-state index in [9.17, 15) is 22.8 Å². The fourth-order valence-electron chi connectivity index (χ4n) is 3.70. The molecular weight excluding hydrogens is 447 g/mol. The number of para-hydroxylation sites is 1. The number of nitrogens with one attached hydrogen (secondary N) is 3. The van der Waals surface area contributed by atoms with Crippen LogP contribution in [0.1, 0.15) is 22.3 Å². The summed E-state index contributed by atoms with van der Waals surface area (Å²) in [5.41, 5.74) is 0.565. The van der Waals surface area contributed by atoms with Crippen LogP contribution in [-0.2, 0) is 6.18 Å². The van der Waals surface area contributed by atoms with Crippen LogP contribution in [0.15, 0.2) is 54.6 Å². The zero-order chi connectivity index (χ0) is 24.4. The van der Waals surface area contributed by atoms with Crippen molar-refractivity contribution in [3.8, 4) is 0 Å². The van der Waals surface area contributed by atoms with Gasteiger partial charge in [-0.25, -0.2) is 4.79 Å². The molecule has 0 spiro atoms. The lowest BCUT2D eigenvalue weighted by molar-refractivity contribution is -0.137. The highest BCUT2D eigenvalue weighted by molar-refractivity contribution is 5.94. The second-order valence-corrected chi connectivity index (χ2v) is 8.03. The first-order chi connectivity index (χ1) is 16.3. The quantitative estimate of drug-likeness (QED) is 0.486. The smallest absolute Gasteiger partial charge is 0.369 e. The first-order valence-electron chi connectivity index (χ1n) is 11.3. The first kappa shape index (κ1) is 25.4. The molecule has 1 heterocycles. The molecule has 0 atom stereocenters. The summed E-state index contributed by atoms with van der Waals surface area (Å²) in [7, 11) is 0. The number of nitrogens with zero attached hydrogens (tertiary/aromatic N) is 2. The molecule has 2 aromatic carbocycles. The Hall–Kier alpha value is -3.27. The third-order valence-electron chi connectivity index (χ3n) is 5.60. The Balaban J connectivity index is 1.22. The largest absolute Gasteiger partial charge is 0.416 e. The normalized spacial score (nSPS) is 14.5. The van der Waals surface area contributed by atoms with Gasteiger partial charge in [0.05, 0.1) is 5.56 Å². The summed E-state index contributed by atoms with van der Waals surface area (Å²) in [4.78, 5) is 28.6. The van der Waals surface area contributed by atoms with Crippen LogP contribution in [0, 0.1) is 0 Å². The number of alkyl halides is 3. The van der Waals surface area contributed by atoms with Crippen molar-refractivity contribution >= 4 is 17.6 Å². The minimum absolute atomic E-state index is 0.127. The predicted molar refractivity (Wildman–Crippen MR) is 125 cm³/mol. The van der Waals surface area contributed by atoms with Crippen molar-refractivity contribution < 1.29 is 22.8 Å². The van der Waals surface area contributed by atoms with Gasteiger partial charge < -0.3 is 20.9 Å². The van der Waals surface area contributed by atoms with E-state index in [1.807, 2.05) is 18.2 Å². The molecule has 0 unspecified atom stereocenters. The van der Waals surface area contributed by atoms with E-state index in [1.54, 1.807) is 0 Å². The van der Waals surface area contributed by atoms with Crippen molar-refractivity contribution in [2.45, 2.75) is 12.6 Å². The van der Waals surface area contributed by atoms with Gasteiger partial charge in [-0.15, -0.1) is 0 Å². The van der Waals surface area contributed by atoms with E-state index in [0.29, 0.717) is 6.54 Å². The summed E-state index contributed by atoms with van der Waals surface area (Å²) in [6, 6.07) is 14.0. The topological polar surface area (TPSA) is 76.7 Å². The number of hydrogen-bond acceptors (Lipinski definition) is 4. The fourth-order valence-corrected chi connectivity index (χ4v) is 3.70. The van der Waals surface area contributed by atoms with E-state index < -0.39 is 17.6 Å². The average Bonchev–Trinajstić information content (AvgIpc) is 2.85. The third kappa shape index (κ3) is 7.95. The monoisotopic (exact) mass is 477 g/mol. The molecule has 1 aliphatic rings. The molecule has 1 aliphatic heterocycles. The summed E-state index contributed by atoms with van der Waals surface area (Å²) in [5.74, 6) is -0.497. The molecule has 3 rings (SSSR count). The molecule has 34 heavy (non-hydrogen) atoms. The van der Waals surface area contributed by atoms with Gasteiger partial charge in [0, 0.05) is 57.1 Å². The second kappa shape index (κ2) is 12.3. The van der Waals surface area contributed by atoms with E-state index >= 15 is 0 Å². The van der Waals surface area contributed by atoms with Crippen LogP contribution in [0.25, 0.3) is 0 Å². The highest BCUT2D eigenvalue weighted by Crippen LogP contribution is 2.29. The van der Waals surface area contributed by atoms with Crippen LogP contribution < -0.4 is 20.9 Å². The van der Waals surface area contributed by atoms with Crippen molar-refractivity contribution in [1.29, 1.82) is 0 Å². The van der Waals surface area contributed by atoms with Crippen molar-refractivity contribution in [1.82, 2.24) is 20.9 Å². The maximum atomic E-state index is 12.6. The minimum Gasteiger partial charge on any atom is -0.369 e. The van der Waals surface area contributed by atoms with Gasteiger partial charge in [0.1, 0.15) is 0 Å². The van der Waals surface area contributed by atoms with Crippen molar-refractivity contribution in [2.24, 2.45) is 0 Å². The lowest BCUT2D eigenvalue weighted by Gasteiger charge is -2.36. The number of benzene rings is 2. The predicted octanol–water partition coefficient (Wildman–Crippen LogP) is 2.95. The van der Waals surface area contributed by atoms with Crippen LogP contribution >= 0.6 is 0 Å². The molecule has 0 aromatic heterocycles. The van der Waals surface area contributed by atoms with Crippen LogP contribution in [0.4, 0.5) is 23.7 Å². The van der Waals surface area contributed by atoms with E-state index in [-0.39, 0.29) is 24.7 Å². The lowest BCUT2D eigenvalue weighted by atomic mass is 10.1. The van der Waals surface area contributed by atoms with Gasteiger partial charge in [-0.2, -0.15) is 13.2 Å². The number of carbonyl (C=O) groups is 2. The molecule has 0 bridgehead atoms. The second-order valence-electron chi connectivity index (χ2n) is 8.03. The van der Waals surface area contributed by atoms with Crippen molar-refractivity contribution in [2.75, 3.05) is 57.3 Å². The molecule has 2 aromatic rings. The molecular formula is C24H30F3N5O2. The maximum absolute atomic E-state index is 12.6. The van der Waals surface area contributed by atoms with Gasteiger partial charge in [-0.05, 0) is 49.4 Å². The summed E-state index contributed by atoms with van der Waals surface area (Å²) >= 11 is 0. The zero-order valence-corrected chi connectivity index (χ0v) is 18.9. The number of piperazine rings is 1. The number of carbonyl (C=O) groups excluding carboxylic acids is 2. The number of amides is 3. The zero-order valence-electron chi connectivity index (χ0n) is 18.9. The van der Waals surface area contributed by atoms with Gasteiger partial charge in [-0.1, -0.05) is 18.2 Å².